The van der Waals surface area contributed by atoms with Crippen LogP contribution in [0, 0.1) is 0 Å². The molecule has 1 heterocycles. The topological polar surface area (TPSA) is 82.2 Å². The zero-order valence-electron chi connectivity index (χ0n) is 10.2. The first-order valence-electron chi connectivity index (χ1n) is 5.73. The molecule has 6 nitrogen and oxygen atoms in total. The lowest BCUT2D eigenvalue weighted by atomic mass is 9.98. The summed E-state index contributed by atoms with van der Waals surface area (Å²) in [7, 11) is 3.31. The number of nitrogens with one attached hydrogen (secondary N) is 1. The van der Waals surface area contributed by atoms with Crippen molar-refractivity contribution in [2.45, 2.75) is 31.2 Å². The van der Waals surface area contributed by atoms with Gasteiger partial charge in [-0.05, 0) is 12.8 Å². The molecule has 1 aliphatic carbocycles. The van der Waals surface area contributed by atoms with E-state index in [0.717, 1.165) is 25.7 Å². The molecule has 6 heteroatoms. The molecule has 0 unspecified atom stereocenters. The second kappa shape index (κ2) is 4.37. The molecule has 1 aromatic rings. The first-order chi connectivity index (χ1) is 8.05. The Balaban J connectivity index is 2.07. The molecule has 0 bridgehead atoms. The fourth-order valence-corrected chi connectivity index (χ4v) is 2.18. The van der Waals surface area contributed by atoms with Gasteiger partial charge in [0.15, 0.2) is 5.82 Å². The molecule has 1 aromatic heterocycles. The first-order valence-corrected chi connectivity index (χ1v) is 5.73. The van der Waals surface area contributed by atoms with Gasteiger partial charge < -0.3 is 15.8 Å². The summed E-state index contributed by atoms with van der Waals surface area (Å²) >= 11 is 0. The van der Waals surface area contributed by atoms with Crippen molar-refractivity contribution in [2.75, 3.05) is 12.4 Å². The van der Waals surface area contributed by atoms with Gasteiger partial charge in [-0.2, -0.15) is 5.10 Å². The maximum Gasteiger partial charge on any atom is 0.245 e. The predicted molar refractivity (Wildman–Crippen MR) is 63.8 cm³/mol. The van der Waals surface area contributed by atoms with E-state index in [1.54, 1.807) is 24.9 Å². The van der Waals surface area contributed by atoms with Crippen LogP contribution in [0.3, 0.4) is 0 Å². The predicted octanol–water partition coefficient (Wildman–Crippen LogP) is 0.639. The fourth-order valence-electron chi connectivity index (χ4n) is 2.18. The van der Waals surface area contributed by atoms with Crippen LogP contribution in [-0.4, -0.2) is 28.3 Å². The Morgan fingerprint density at radius 3 is 2.76 bits per heavy atom. The van der Waals surface area contributed by atoms with Crippen LogP contribution in [0.5, 0.6) is 5.88 Å². The number of carbonyl (C=O) groups excluding carboxylic acids is 1. The van der Waals surface area contributed by atoms with Crippen LogP contribution >= 0.6 is 0 Å². The normalized spacial score (nSPS) is 18.1. The number of hydrogen-bond acceptors (Lipinski definition) is 4. The fraction of sp³-hybridized carbons (Fsp3) is 0.636. The molecular formula is C11H18N4O2. The minimum atomic E-state index is -0.731. The van der Waals surface area contributed by atoms with Gasteiger partial charge in [-0.3, -0.25) is 4.79 Å². The summed E-state index contributed by atoms with van der Waals surface area (Å²) in [5.74, 6) is 0.916. The van der Waals surface area contributed by atoms with E-state index in [2.05, 4.69) is 10.4 Å². The van der Waals surface area contributed by atoms with E-state index < -0.39 is 5.54 Å². The van der Waals surface area contributed by atoms with E-state index in [1.807, 2.05) is 0 Å². The third kappa shape index (κ3) is 2.26. The molecule has 3 N–H and O–H groups in total. The lowest BCUT2D eigenvalue weighted by molar-refractivity contribution is -0.121. The SMILES string of the molecule is COc1cc(NC(=O)C2(N)CCCC2)nn1C. The molecule has 0 atom stereocenters. The standard InChI is InChI=1S/C11H18N4O2/c1-15-9(17-2)7-8(14-15)13-10(16)11(12)5-3-4-6-11/h7H,3-6,12H2,1-2H3,(H,13,14,16). The average molecular weight is 238 g/mol. The molecule has 0 spiro atoms. The number of methoxy groups -OCH3 is 1. The van der Waals surface area contributed by atoms with Gasteiger partial charge in [0.05, 0.1) is 12.6 Å². The Labute approximate surface area is 100 Å². The third-order valence-electron chi connectivity index (χ3n) is 3.24. The highest BCUT2D eigenvalue weighted by molar-refractivity contribution is 5.97. The van der Waals surface area contributed by atoms with Gasteiger partial charge >= 0.3 is 0 Å². The number of aromatic nitrogens is 2. The number of nitrogens with zero attached hydrogens (tertiary/aromatic N) is 2. The quantitative estimate of drug-likeness (QED) is 0.809. The van der Waals surface area contributed by atoms with Crippen LogP contribution in [0.1, 0.15) is 25.7 Å². The van der Waals surface area contributed by atoms with Crippen LogP contribution in [0.4, 0.5) is 5.82 Å². The maximum atomic E-state index is 12.0. The highest BCUT2D eigenvalue weighted by Crippen LogP contribution is 2.28. The molecule has 0 aromatic carbocycles. The zero-order chi connectivity index (χ0) is 12.5. The van der Waals surface area contributed by atoms with Gasteiger partial charge in [0, 0.05) is 13.1 Å². The van der Waals surface area contributed by atoms with Crippen LogP contribution < -0.4 is 15.8 Å². The van der Waals surface area contributed by atoms with Gasteiger partial charge in [-0.1, -0.05) is 12.8 Å². The number of amides is 1. The molecule has 94 valence electrons. The second-order valence-corrected chi connectivity index (χ2v) is 4.51. The summed E-state index contributed by atoms with van der Waals surface area (Å²) in [4.78, 5) is 12.0. The van der Waals surface area contributed by atoms with Gasteiger partial charge in [-0.25, -0.2) is 4.68 Å². The number of hydrogen-bond donors (Lipinski definition) is 2. The van der Waals surface area contributed by atoms with Gasteiger partial charge in [0.2, 0.25) is 11.8 Å². The molecular weight excluding hydrogens is 220 g/mol. The molecule has 0 aliphatic heterocycles. The molecule has 17 heavy (non-hydrogen) atoms. The Morgan fingerprint density at radius 1 is 1.59 bits per heavy atom. The van der Waals surface area contributed by atoms with Crippen LogP contribution in [0.2, 0.25) is 0 Å². The van der Waals surface area contributed by atoms with Gasteiger partial charge in [0.1, 0.15) is 0 Å². The summed E-state index contributed by atoms with van der Waals surface area (Å²) in [5, 5.41) is 6.87. The van der Waals surface area contributed by atoms with E-state index >= 15 is 0 Å². The Hall–Kier alpha value is -1.56. The van der Waals surface area contributed by atoms with E-state index in [9.17, 15) is 4.79 Å². The first kappa shape index (κ1) is 11.9. The zero-order valence-corrected chi connectivity index (χ0v) is 10.2. The van der Waals surface area contributed by atoms with E-state index in [0.29, 0.717) is 11.7 Å². The van der Waals surface area contributed by atoms with Crippen LogP contribution in [-0.2, 0) is 11.8 Å². The third-order valence-corrected chi connectivity index (χ3v) is 3.24. The monoisotopic (exact) mass is 238 g/mol. The van der Waals surface area contributed by atoms with Crippen molar-refractivity contribution in [1.82, 2.24) is 9.78 Å². The Bertz CT molecular complexity index is 421. The van der Waals surface area contributed by atoms with Crippen molar-refractivity contribution in [3.63, 3.8) is 0 Å². The van der Waals surface area contributed by atoms with Crippen molar-refractivity contribution in [3.8, 4) is 5.88 Å². The molecule has 1 fully saturated rings. The van der Waals surface area contributed by atoms with Crippen LogP contribution in [0.25, 0.3) is 0 Å². The van der Waals surface area contributed by atoms with Crippen molar-refractivity contribution < 1.29 is 9.53 Å². The van der Waals surface area contributed by atoms with Crippen molar-refractivity contribution in [2.24, 2.45) is 12.8 Å². The summed E-state index contributed by atoms with van der Waals surface area (Å²) in [6.07, 6.45) is 3.50. The lowest BCUT2D eigenvalue weighted by Crippen LogP contribution is -2.48. The summed E-state index contributed by atoms with van der Waals surface area (Å²) < 4.78 is 6.64. The number of ether oxygens (including phenoxy) is 1. The average Bonchev–Trinajstić information content (AvgIpc) is 2.86. The highest BCUT2D eigenvalue weighted by Gasteiger charge is 2.37. The van der Waals surface area contributed by atoms with E-state index in [1.165, 1.54) is 0 Å². The molecule has 1 aliphatic rings. The number of nitrogens with two attached hydrogens (primary N) is 1. The lowest BCUT2D eigenvalue weighted by Gasteiger charge is -2.21. The van der Waals surface area contributed by atoms with Gasteiger partial charge in [-0.15, -0.1) is 0 Å². The minimum absolute atomic E-state index is 0.157. The Morgan fingerprint density at radius 2 is 2.24 bits per heavy atom. The summed E-state index contributed by atoms with van der Waals surface area (Å²) in [6, 6.07) is 1.68. The molecule has 2 rings (SSSR count). The highest BCUT2D eigenvalue weighted by atomic mass is 16.5. The van der Waals surface area contributed by atoms with Crippen molar-refractivity contribution in [1.29, 1.82) is 0 Å². The largest absolute Gasteiger partial charge is 0.481 e. The Kier molecular flexibility index (Phi) is 3.06. The minimum Gasteiger partial charge on any atom is -0.481 e. The van der Waals surface area contributed by atoms with Crippen LogP contribution in [0.15, 0.2) is 6.07 Å². The van der Waals surface area contributed by atoms with Gasteiger partial charge in [0.25, 0.3) is 0 Å². The summed E-state index contributed by atoms with van der Waals surface area (Å²) in [5.41, 5.74) is 5.32. The number of aryl methyl sites for hydroxylation is 1. The van der Waals surface area contributed by atoms with E-state index in [-0.39, 0.29) is 5.91 Å². The van der Waals surface area contributed by atoms with Crippen molar-refractivity contribution in [3.05, 3.63) is 6.07 Å². The number of carbonyl (C=O) groups is 1. The second-order valence-electron chi connectivity index (χ2n) is 4.51. The number of anilines is 1. The molecule has 0 radical (unpaired) electrons. The van der Waals surface area contributed by atoms with Crippen molar-refractivity contribution >= 4 is 11.7 Å². The van der Waals surface area contributed by atoms with E-state index in [4.69, 9.17) is 10.5 Å². The maximum absolute atomic E-state index is 12.0. The molecule has 0 saturated heterocycles. The molecule has 1 saturated carbocycles. The smallest absolute Gasteiger partial charge is 0.245 e. The summed E-state index contributed by atoms with van der Waals surface area (Å²) in [6.45, 7) is 0. The molecule has 1 amide bonds. The number of rotatable bonds is 3.